The molecule has 2 aromatic carbocycles. The fourth-order valence-corrected chi connectivity index (χ4v) is 2.23. The molecule has 2 atom stereocenters. The van der Waals surface area contributed by atoms with E-state index in [1.807, 2.05) is 31.2 Å². The third-order valence-corrected chi connectivity index (χ3v) is 3.48. The zero-order valence-electron chi connectivity index (χ0n) is 12.2. The summed E-state index contributed by atoms with van der Waals surface area (Å²) in [6.07, 6.45) is -0.678. The second-order valence-corrected chi connectivity index (χ2v) is 4.94. The van der Waals surface area contributed by atoms with Crippen LogP contribution in [-0.2, 0) is 0 Å². The molecule has 0 bridgehead atoms. The molecule has 21 heavy (non-hydrogen) atoms. The van der Waals surface area contributed by atoms with E-state index in [0.717, 1.165) is 11.3 Å². The van der Waals surface area contributed by atoms with Gasteiger partial charge in [-0.2, -0.15) is 0 Å². The Morgan fingerprint density at radius 2 is 1.81 bits per heavy atom. The highest BCUT2D eigenvalue weighted by Gasteiger charge is 2.13. The van der Waals surface area contributed by atoms with Crippen LogP contribution in [0, 0.1) is 5.82 Å². The summed E-state index contributed by atoms with van der Waals surface area (Å²) in [7, 11) is 1.64. The van der Waals surface area contributed by atoms with E-state index in [9.17, 15) is 9.50 Å². The fraction of sp³-hybridized carbons (Fsp3) is 0.294. The molecule has 0 saturated heterocycles. The first-order chi connectivity index (χ1) is 10.1. The van der Waals surface area contributed by atoms with Crippen molar-refractivity contribution in [3.63, 3.8) is 0 Å². The summed E-state index contributed by atoms with van der Waals surface area (Å²) >= 11 is 0. The van der Waals surface area contributed by atoms with Crippen LogP contribution in [0.3, 0.4) is 0 Å². The lowest BCUT2D eigenvalue weighted by molar-refractivity contribution is 0.170. The summed E-state index contributed by atoms with van der Waals surface area (Å²) in [6, 6.07) is 13.7. The molecule has 0 saturated carbocycles. The Bertz CT molecular complexity index is 571. The van der Waals surface area contributed by atoms with Gasteiger partial charge in [0.15, 0.2) is 0 Å². The first kappa shape index (κ1) is 15.5. The van der Waals surface area contributed by atoms with Gasteiger partial charge < -0.3 is 15.2 Å². The molecule has 0 aliphatic heterocycles. The van der Waals surface area contributed by atoms with Crippen LogP contribution in [0.2, 0.25) is 0 Å². The minimum absolute atomic E-state index is 0.0382. The number of aliphatic hydroxyl groups is 1. The van der Waals surface area contributed by atoms with Crippen molar-refractivity contribution in [3.8, 4) is 5.75 Å². The first-order valence-corrected chi connectivity index (χ1v) is 6.91. The molecule has 0 aromatic heterocycles. The summed E-state index contributed by atoms with van der Waals surface area (Å²) in [5.74, 6) is 0.509. The monoisotopic (exact) mass is 289 g/mol. The number of benzene rings is 2. The third-order valence-electron chi connectivity index (χ3n) is 3.48. The molecule has 0 radical (unpaired) electrons. The Kier molecular flexibility index (Phi) is 5.31. The number of halogens is 1. The molecule has 0 fully saturated rings. The maximum absolute atomic E-state index is 12.9. The number of rotatable bonds is 6. The molecule has 0 amide bonds. The summed E-state index contributed by atoms with van der Waals surface area (Å²) in [6.45, 7) is 2.39. The van der Waals surface area contributed by atoms with Gasteiger partial charge in [-0.05, 0) is 30.7 Å². The average molecular weight is 289 g/mol. The van der Waals surface area contributed by atoms with Crippen molar-refractivity contribution in [1.82, 2.24) is 5.32 Å². The van der Waals surface area contributed by atoms with Crippen LogP contribution in [0.4, 0.5) is 4.39 Å². The molecule has 2 aromatic rings. The van der Waals surface area contributed by atoms with E-state index < -0.39 is 6.10 Å². The lowest BCUT2D eigenvalue weighted by Crippen LogP contribution is -2.25. The van der Waals surface area contributed by atoms with Crippen LogP contribution in [0.5, 0.6) is 5.75 Å². The van der Waals surface area contributed by atoms with Crippen molar-refractivity contribution in [3.05, 3.63) is 65.5 Å². The highest BCUT2D eigenvalue weighted by atomic mass is 19.1. The van der Waals surface area contributed by atoms with Gasteiger partial charge in [-0.1, -0.05) is 30.3 Å². The number of methoxy groups -OCH3 is 1. The summed E-state index contributed by atoms with van der Waals surface area (Å²) in [4.78, 5) is 0. The van der Waals surface area contributed by atoms with Gasteiger partial charge in [0.2, 0.25) is 0 Å². The minimum atomic E-state index is -0.678. The molecule has 4 heteroatoms. The Labute approximate surface area is 124 Å². The van der Waals surface area contributed by atoms with Crippen molar-refractivity contribution in [1.29, 1.82) is 0 Å². The smallest absolute Gasteiger partial charge is 0.123 e. The number of hydrogen-bond donors (Lipinski definition) is 2. The van der Waals surface area contributed by atoms with Gasteiger partial charge >= 0.3 is 0 Å². The molecule has 0 aliphatic carbocycles. The Hall–Kier alpha value is -1.91. The van der Waals surface area contributed by atoms with E-state index >= 15 is 0 Å². The van der Waals surface area contributed by atoms with Crippen LogP contribution < -0.4 is 10.1 Å². The highest BCUT2D eigenvalue weighted by molar-refractivity contribution is 5.35. The van der Waals surface area contributed by atoms with Gasteiger partial charge in [-0.15, -0.1) is 0 Å². The number of para-hydroxylation sites is 1. The topological polar surface area (TPSA) is 41.5 Å². The maximum atomic E-state index is 12.9. The molecule has 0 aliphatic rings. The molecule has 0 spiro atoms. The van der Waals surface area contributed by atoms with Gasteiger partial charge in [0.25, 0.3) is 0 Å². The van der Waals surface area contributed by atoms with E-state index in [-0.39, 0.29) is 11.9 Å². The van der Waals surface area contributed by atoms with Crippen molar-refractivity contribution in [2.24, 2.45) is 0 Å². The number of nitrogens with one attached hydrogen (secondary N) is 1. The molecule has 3 nitrogen and oxygen atoms in total. The normalized spacial score (nSPS) is 13.7. The van der Waals surface area contributed by atoms with E-state index in [4.69, 9.17) is 4.74 Å². The third kappa shape index (κ3) is 4.03. The molecular weight excluding hydrogens is 269 g/mol. The van der Waals surface area contributed by atoms with Gasteiger partial charge in [0.05, 0.1) is 13.2 Å². The number of aliphatic hydroxyl groups excluding tert-OH is 1. The van der Waals surface area contributed by atoms with Gasteiger partial charge in [0.1, 0.15) is 11.6 Å². The zero-order valence-corrected chi connectivity index (χ0v) is 12.2. The molecule has 0 heterocycles. The average Bonchev–Trinajstić information content (AvgIpc) is 2.52. The largest absolute Gasteiger partial charge is 0.496 e. The van der Waals surface area contributed by atoms with Crippen molar-refractivity contribution >= 4 is 0 Å². The highest BCUT2D eigenvalue weighted by Crippen LogP contribution is 2.24. The lowest BCUT2D eigenvalue weighted by Gasteiger charge is -2.19. The lowest BCUT2D eigenvalue weighted by atomic mass is 10.1. The number of hydrogen-bond acceptors (Lipinski definition) is 3. The summed E-state index contributed by atoms with van der Waals surface area (Å²) < 4.78 is 18.2. The van der Waals surface area contributed by atoms with Crippen LogP contribution in [0.1, 0.15) is 30.2 Å². The Morgan fingerprint density at radius 1 is 1.14 bits per heavy atom. The number of ether oxygens (including phenoxy) is 1. The van der Waals surface area contributed by atoms with Crippen molar-refractivity contribution in [2.45, 2.75) is 19.1 Å². The fourth-order valence-electron chi connectivity index (χ4n) is 2.23. The van der Waals surface area contributed by atoms with Crippen molar-refractivity contribution < 1.29 is 14.2 Å². The second kappa shape index (κ2) is 7.20. The SMILES string of the molecule is COc1ccccc1[C@H](C)NCC(O)c1ccc(F)cc1. The van der Waals surface area contributed by atoms with Crippen LogP contribution in [0.25, 0.3) is 0 Å². The quantitative estimate of drug-likeness (QED) is 0.858. The van der Waals surface area contributed by atoms with E-state index in [1.54, 1.807) is 19.2 Å². The second-order valence-electron chi connectivity index (χ2n) is 4.94. The van der Waals surface area contributed by atoms with Crippen molar-refractivity contribution in [2.75, 3.05) is 13.7 Å². The van der Waals surface area contributed by atoms with Crippen LogP contribution in [0.15, 0.2) is 48.5 Å². The zero-order chi connectivity index (χ0) is 15.2. The summed E-state index contributed by atoms with van der Waals surface area (Å²) in [5.41, 5.74) is 1.72. The van der Waals surface area contributed by atoms with Gasteiger partial charge in [0, 0.05) is 18.2 Å². The first-order valence-electron chi connectivity index (χ1n) is 6.91. The van der Waals surface area contributed by atoms with E-state index in [1.165, 1.54) is 12.1 Å². The van der Waals surface area contributed by atoms with E-state index in [0.29, 0.717) is 12.1 Å². The van der Waals surface area contributed by atoms with Gasteiger partial charge in [-0.3, -0.25) is 0 Å². The Morgan fingerprint density at radius 3 is 2.48 bits per heavy atom. The molecular formula is C17H20FNO2. The predicted octanol–water partition coefficient (Wildman–Crippen LogP) is 3.22. The van der Waals surface area contributed by atoms with Crippen LogP contribution >= 0.6 is 0 Å². The minimum Gasteiger partial charge on any atom is -0.496 e. The predicted molar refractivity (Wildman–Crippen MR) is 80.8 cm³/mol. The Balaban J connectivity index is 1.97. The molecule has 2 rings (SSSR count). The van der Waals surface area contributed by atoms with Crippen LogP contribution in [-0.4, -0.2) is 18.8 Å². The maximum Gasteiger partial charge on any atom is 0.123 e. The molecule has 112 valence electrons. The standard InChI is InChI=1S/C17H20FNO2/c1-12(15-5-3-4-6-17(15)21-2)19-11-16(20)13-7-9-14(18)10-8-13/h3-10,12,16,19-20H,11H2,1-2H3/t12-,16?/m0/s1. The summed E-state index contributed by atoms with van der Waals surface area (Å²) in [5, 5.41) is 13.4. The van der Waals surface area contributed by atoms with Gasteiger partial charge in [-0.25, -0.2) is 4.39 Å². The molecule has 2 N–H and O–H groups in total. The molecule has 1 unspecified atom stereocenters. The van der Waals surface area contributed by atoms with E-state index in [2.05, 4.69) is 5.32 Å².